The molecule has 1 heterocycles. The van der Waals surface area contributed by atoms with Crippen LogP contribution in [0.15, 0.2) is 41.6 Å². The molecule has 0 atom stereocenters. The number of aliphatic hydroxyl groups excluding tert-OH is 1. The van der Waals surface area contributed by atoms with Crippen LogP contribution in [0.1, 0.15) is 5.56 Å². The topological polar surface area (TPSA) is 97.1 Å². The average molecular weight is 306 g/mol. The van der Waals surface area contributed by atoms with E-state index in [-0.39, 0.29) is 18.0 Å². The van der Waals surface area contributed by atoms with Gasteiger partial charge in [-0.3, -0.25) is 4.68 Å². The summed E-state index contributed by atoms with van der Waals surface area (Å²) in [6.07, 6.45) is 3.18. The Labute approximate surface area is 122 Å². The summed E-state index contributed by atoms with van der Waals surface area (Å²) in [7, 11) is -3.56. The second-order valence-electron chi connectivity index (χ2n) is 4.05. The minimum atomic E-state index is -3.56. The first-order valence-electron chi connectivity index (χ1n) is 6.15. The van der Waals surface area contributed by atoms with Crippen LogP contribution in [0.25, 0.3) is 0 Å². The molecular weight excluding hydrogens is 292 g/mol. The van der Waals surface area contributed by atoms with Crippen molar-refractivity contribution in [2.45, 2.75) is 11.4 Å². The predicted molar refractivity (Wildman–Crippen MR) is 75.6 cm³/mol. The largest absolute Gasteiger partial charge is 0.384 e. The van der Waals surface area contributed by atoms with Crippen molar-refractivity contribution in [1.82, 2.24) is 19.7 Å². The summed E-state index contributed by atoms with van der Waals surface area (Å²) >= 11 is 0. The van der Waals surface area contributed by atoms with Crippen LogP contribution in [-0.2, 0) is 16.6 Å². The van der Waals surface area contributed by atoms with Crippen molar-refractivity contribution < 1.29 is 13.5 Å². The van der Waals surface area contributed by atoms with Crippen LogP contribution in [0.4, 0.5) is 0 Å². The molecule has 2 N–H and O–H groups in total. The second-order valence-corrected chi connectivity index (χ2v) is 5.82. The maximum absolute atomic E-state index is 12.1. The van der Waals surface area contributed by atoms with Gasteiger partial charge in [0.2, 0.25) is 10.0 Å². The minimum Gasteiger partial charge on any atom is -0.384 e. The summed E-state index contributed by atoms with van der Waals surface area (Å²) in [6.45, 7) is 0.390. The van der Waals surface area contributed by atoms with Crippen LogP contribution in [0.5, 0.6) is 0 Å². The number of aliphatic hydroxyl groups is 1. The molecule has 7 nitrogen and oxygen atoms in total. The summed E-state index contributed by atoms with van der Waals surface area (Å²) in [5, 5.41) is 16.0. The van der Waals surface area contributed by atoms with E-state index < -0.39 is 10.0 Å². The Morgan fingerprint density at radius 1 is 1.29 bits per heavy atom. The highest BCUT2D eigenvalue weighted by Crippen LogP contribution is 2.09. The minimum absolute atomic E-state index is 0.163. The van der Waals surface area contributed by atoms with Crippen LogP contribution in [0, 0.1) is 11.8 Å². The van der Waals surface area contributed by atoms with Gasteiger partial charge < -0.3 is 5.11 Å². The first-order chi connectivity index (χ1) is 10.1. The van der Waals surface area contributed by atoms with E-state index in [0.29, 0.717) is 12.1 Å². The average Bonchev–Trinajstić information content (AvgIpc) is 2.98. The number of hydrogen-bond acceptors (Lipinski definition) is 5. The number of benzene rings is 1. The van der Waals surface area contributed by atoms with Gasteiger partial charge >= 0.3 is 0 Å². The fourth-order valence-corrected chi connectivity index (χ4v) is 2.61. The quantitative estimate of drug-likeness (QED) is 0.733. The molecule has 0 aliphatic carbocycles. The number of sulfonamides is 1. The molecule has 0 aliphatic heterocycles. The van der Waals surface area contributed by atoms with E-state index in [1.807, 2.05) is 0 Å². The number of nitrogens with one attached hydrogen (secondary N) is 1. The van der Waals surface area contributed by atoms with Crippen molar-refractivity contribution in [3.63, 3.8) is 0 Å². The Morgan fingerprint density at radius 3 is 2.67 bits per heavy atom. The molecule has 110 valence electrons. The van der Waals surface area contributed by atoms with Gasteiger partial charge in [-0.2, -0.15) is 0 Å². The van der Waals surface area contributed by atoms with Crippen molar-refractivity contribution in [3.05, 3.63) is 42.2 Å². The third-order valence-corrected chi connectivity index (χ3v) is 4.06. The zero-order chi connectivity index (χ0) is 15.1. The van der Waals surface area contributed by atoms with Gasteiger partial charge in [-0.1, -0.05) is 17.1 Å². The predicted octanol–water partition coefficient (Wildman–Crippen LogP) is -0.400. The molecule has 0 saturated heterocycles. The molecule has 1 aromatic carbocycles. The zero-order valence-electron chi connectivity index (χ0n) is 11.1. The molecule has 2 aromatic rings. The normalized spacial score (nSPS) is 10.9. The van der Waals surface area contributed by atoms with E-state index in [4.69, 9.17) is 5.11 Å². The van der Waals surface area contributed by atoms with E-state index in [0.717, 1.165) is 0 Å². The Bertz CT molecular complexity index is 728. The van der Waals surface area contributed by atoms with Crippen molar-refractivity contribution in [2.24, 2.45) is 0 Å². The van der Waals surface area contributed by atoms with Gasteiger partial charge in [0.25, 0.3) is 0 Å². The molecule has 0 unspecified atom stereocenters. The Hall–Kier alpha value is -2.21. The van der Waals surface area contributed by atoms with Crippen LogP contribution >= 0.6 is 0 Å². The fraction of sp³-hybridized carbons (Fsp3) is 0.231. The molecule has 1 aromatic heterocycles. The Balaban J connectivity index is 1.98. The van der Waals surface area contributed by atoms with Crippen LogP contribution in [-0.4, -0.2) is 41.7 Å². The van der Waals surface area contributed by atoms with Gasteiger partial charge in [0, 0.05) is 18.3 Å². The third-order valence-electron chi connectivity index (χ3n) is 2.58. The maximum atomic E-state index is 12.1. The lowest BCUT2D eigenvalue weighted by Crippen LogP contribution is -2.27. The van der Waals surface area contributed by atoms with E-state index in [2.05, 4.69) is 26.9 Å². The van der Waals surface area contributed by atoms with Crippen LogP contribution < -0.4 is 4.72 Å². The molecular formula is C13H14N4O3S. The molecule has 8 heteroatoms. The zero-order valence-corrected chi connectivity index (χ0v) is 11.9. The summed E-state index contributed by atoms with van der Waals surface area (Å²) in [5.74, 6) is 5.20. The van der Waals surface area contributed by atoms with Gasteiger partial charge in [0.05, 0.1) is 17.6 Å². The third kappa shape index (κ3) is 4.39. The Kier molecular flexibility index (Phi) is 5.05. The molecule has 0 radical (unpaired) electrons. The van der Waals surface area contributed by atoms with Crippen molar-refractivity contribution >= 4 is 10.0 Å². The van der Waals surface area contributed by atoms with E-state index in [9.17, 15) is 8.42 Å². The van der Waals surface area contributed by atoms with Crippen molar-refractivity contribution in [1.29, 1.82) is 0 Å². The molecule has 0 bridgehead atoms. The van der Waals surface area contributed by atoms with Gasteiger partial charge in [-0.25, -0.2) is 13.1 Å². The lowest BCUT2D eigenvalue weighted by atomic mass is 10.2. The summed E-state index contributed by atoms with van der Waals surface area (Å²) in [4.78, 5) is 0.163. The highest BCUT2D eigenvalue weighted by Gasteiger charge is 2.12. The van der Waals surface area contributed by atoms with Crippen molar-refractivity contribution in [2.75, 3.05) is 13.2 Å². The monoisotopic (exact) mass is 306 g/mol. The van der Waals surface area contributed by atoms with Crippen molar-refractivity contribution in [3.8, 4) is 11.8 Å². The summed E-state index contributed by atoms with van der Waals surface area (Å²) < 4.78 is 28.1. The first kappa shape index (κ1) is 15.2. The second kappa shape index (κ2) is 6.99. The van der Waals surface area contributed by atoms with Gasteiger partial charge in [0.1, 0.15) is 6.61 Å². The lowest BCUT2D eigenvalue weighted by molar-refractivity contribution is 0.350. The smallest absolute Gasteiger partial charge is 0.240 e. The molecule has 0 spiro atoms. The molecule has 2 rings (SSSR count). The molecule has 0 aliphatic rings. The van der Waals surface area contributed by atoms with Crippen LogP contribution in [0.3, 0.4) is 0 Å². The van der Waals surface area contributed by atoms with Gasteiger partial charge in [-0.05, 0) is 24.3 Å². The van der Waals surface area contributed by atoms with E-state index in [1.54, 1.807) is 18.3 Å². The molecule has 0 amide bonds. The lowest BCUT2D eigenvalue weighted by Gasteiger charge is -2.06. The van der Waals surface area contributed by atoms with E-state index in [1.165, 1.54) is 23.0 Å². The number of nitrogens with zero attached hydrogens (tertiary/aromatic N) is 3. The highest BCUT2D eigenvalue weighted by atomic mass is 32.2. The standard InChI is InChI=1S/C13H14N4O3S/c18-11-1-2-12-3-5-13(6-4-12)21(19,20)15-8-10-17-9-7-14-16-17/h3-7,9,15,18H,8,10-11H2. The molecule has 0 fully saturated rings. The fourth-order valence-electron chi connectivity index (χ4n) is 1.59. The van der Waals surface area contributed by atoms with Gasteiger partial charge in [-0.15, -0.1) is 5.10 Å². The Morgan fingerprint density at radius 2 is 2.05 bits per heavy atom. The summed E-state index contributed by atoms with van der Waals surface area (Å²) in [6, 6.07) is 6.13. The van der Waals surface area contributed by atoms with Gasteiger partial charge in [0.15, 0.2) is 0 Å². The summed E-state index contributed by atoms with van der Waals surface area (Å²) in [5.41, 5.74) is 0.644. The molecule has 0 saturated carbocycles. The number of aromatic nitrogens is 3. The molecule has 21 heavy (non-hydrogen) atoms. The van der Waals surface area contributed by atoms with Crippen LogP contribution in [0.2, 0.25) is 0 Å². The number of rotatable bonds is 5. The number of hydrogen-bond donors (Lipinski definition) is 2. The SMILES string of the molecule is O=S(=O)(NCCn1ccnn1)c1ccc(C#CCO)cc1. The maximum Gasteiger partial charge on any atom is 0.240 e. The first-order valence-corrected chi connectivity index (χ1v) is 7.64. The van der Waals surface area contributed by atoms with E-state index >= 15 is 0 Å². The highest BCUT2D eigenvalue weighted by molar-refractivity contribution is 7.89.